The summed E-state index contributed by atoms with van der Waals surface area (Å²) in [6.45, 7) is 3.58. The minimum atomic E-state index is -0.122. The van der Waals surface area contributed by atoms with E-state index in [1.54, 1.807) is 25.4 Å². The van der Waals surface area contributed by atoms with Crippen molar-refractivity contribution in [2.24, 2.45) is 0 Å². The Hall–Kier alpha value is -2.64. The molecule has 150 valence electrons. The first kappa shape index (κ1) is 20.1. The van der Waals surface area contributed by atoms with Gasteiger partial charge in [0.25, 0.3) is 5.91 Å². The van der Waals surface area contributed by atoms with Crippen LogP contribution in [-0.2, 0) is 4.74 Å². The van der Waals surface area contributed by atoms with Crippen molar-refractivity contribution in [2.75, 3.05) is 59.0 Å². The Bertz CT molecular complexity index is 773. The van der Waals surface area contributed by atoms with Gasteiger partial charge in [0.15, 0.2) is 0 Å². The number of rotatable bonds is 7. The highest BCUT2D eigenvalue weighted by Gasteiger charge is 2.24. The van der Waals surface area contributed by atoms with Crippen LogP contribution in [0.2, 0.25) is 0 Å². The average molecular weight is 384 g/mol. The Morgan fingerprint density at radius 2 is 1.96 bits per heavy atom. The summed E-state index contributed by atoms with van der Waals surface area (Å²) in [6.07, 6.45) is 1.69. The molecular formula is C21H28N4O3. The number of anilines is 1. The summed E-state index contributed by atoms with van der Waals surface area (Å²) >= 11 is 0. The maximum atomic E-state index is 12.8. The molecule has 1 atom stereocenters. The van der Waals surface area contributed by atoms with Crippen molar-refractivity contribution >= 4 is 11.7 Å². The summed E-state index contributed by atoms with van der Waals surface area (Å²) in [5.74, 6) is 1.36. The SMILES string of the molecule is COc1ccc(C(CNC(=O)c2cccnc2N(C)C)N2CCOCC2)cc1. The number of pyridine rings is 1. The lowest BCUT2D eigenvalue weighted by atomic mass is 10.0. The van der Waals surface area contributed by atoms with Crippen molar-refractivity contribution in [3.63, 3.8) is 0 Å². The van der Waals surface area contributed by atoms with Crippen molar-refractivity contribution in [3.8, 4) is 5.75 Å². The molecule has 1 aliphatic rings. The number of hydrogen-bond acceptors (Lipinski definition) is 6. The van der Waals surface area contributed by atoms with Gasteiger partial charge in [-0.05, 0) is 29.8 Å². The molecule has 1 fully saturated rings. The van der Waals surface area contributed by atoms with E-state index in [4.69, 9.17) is 9.47 Å². The largest absolute Gasteiger partial charge is 0.497 e. The van der Waals surface area contributed by atoms with Gasteiger partial charge in [-0.25, -0.2) is 4.98 Å². The predicted octanol–water partition coefficient (Wildman–Crippen LogP) is 1.96. The molecular weight excluding hydrogens is 356 g/mol. The molecule has 2 heterocycles. The fraction of sp³-hybridized carbons (Fsp3) is 0.429. The molecule has 0 saturated carbocycles. The van der Waals surface area contributed by atoms with Crippen LogP contribution in [-0.4, -0.2) is 69.8 Å². The van der Waals surface area contributed by atoms with Gasteiger partial charge in [-0.3, -0.25) is 9.69 Å². The fourth-order valence-electron chi connectivity index (χ4n) is 3.39. The number of ether oxygens (including phenoxy) is 2. The van der Waals surface area contributed by atoms with E-state index in [-0.39, 0.29) is 11.9 Å². The standard InChI is InChI=1S/C21H28N4O3/c1-24(2)20-18(5-4-10-22-20)21(26)23-15-19(25-11-13-28-14-12-25)16-6-8-17(27-3)9-7-16/h4-10,19H,11-15H2,1-3H3,(H,23,26). The molecule has 1 aromatic carbocycles. The van der Waals surface area contributed by atoms with Gasteiger partial charge in [0.05, 0.1) is 31.9 Å². The summed E-state index contributed by atoms with van der Waals surface area (Å²) < 4.78 is 10.8. The van der Waals surface area contributed by atoms with Gasteiger partial charge < -0.3 is 19.7 Å². The van der Waals surface area contributed by atoms with E-state index >= 15 is 0 Å². The summed E-state index contributed by atoms with van der Waals surface area (Å²) in [5, 5.41) is 3.10. The zero-order chi connectivity index (χ0) is 19.9. The minimum absolute atomic E-state index is 0.0678. The van der Waals surface area contributed by atoms with Crippen LogP contribution >= 0.6 is 0 Å². The third-order valence-corrected chi connectivity index (χ3v) is 4.90. The maximum Gasteiger partial charge on any atom is 0.255 e. The molecule has 7 heteroatoms. The van der Waals surface area contributed by atoms with Crippen LogP contribution in [0.4, 0.5) is 5.82 Å². The van der Waals surface area contributed by atoms with Gasteiger partial charge >= 0.3 is 0 Å². The Balaban J connectivity index is 1.76. The van der Waals surface area contributed by atoms with Crippen LogP contribution in [0.25, 0.3) is 0 Å². The molecule has 0 aliphatic carbocycles. The van der Waals surface area contributed by atoms with Crippen molar-refractivity contribution in [3.05, 3.63) is 53.7 Å². The molecule has 28 heavy (non-hydrogen) atoms. The number of amides is 1. The molecule has 1 aliphatic heterocycles. The first-order valence-electron chi connectivity index (χ1n) is 9.46. The molecule has 2 aromatic rings. The molecule has 1 unspecified atom stereocenters. The number of morpholine rings is 1. The lowest BCUT2D eigenvalue weighted by Gasteiger charge is -2.35. The van der Waals surface area contributed by atoms with Crippen LogP contribution < -0.4 is 15.0 Å². The molecule has 1 N–H and O–H groups in total. The van der Waals surface area contributed by atoms with Gasteiger partial charge in [0.2, 0.25) is 0 Å². The second-order valence-corrected chi connectivity index (χ2v) is 6.92. The minimum Gasteiger partial charge on any atom is -0.497 e. The molecule has 1 aromatic heterocycles. The lowest BCUT2D eigenvalue weighted by molar-refractivity contribution is 0.0162. The van der Waals surface area contributed by atoms with E-state index in [1.165, 1.54) is 0 Å². The number of aromatic nitrogens is 1. The Morgan fingerprint density at radius 3 is 2.61 bits per heavy atom. The van der Waals surface area contributed by atoms with Crippen LogP contribution in [0.15, 0.2) is 42.6 Å². The van der Waals surface area contributed by atoms with Gasteiger partial charge in [-0.1, -0.05) is 12.1 Å². The number of nitrogens with zero attached hydrogens (tertiary/aromatic N) is 3. The van der Waals surface area contributed by atoms with E-state index in [9.17, 15) is 4.79 Å². The quantitative estimate of drug-likeness (QED) is 0.787. The summed E-state index contributed by atoms with van der Waals surface area (Å²) in [6, 6.07) is 11.7. The van der Waals surface area contributed by atoms with Gasteiger partial charge in [0.1, 0.15) is 11.6 Å². The second kappa shape index (κ2) is 9.52. The van der Waals surface area contributed by atoms with Gasteiger partial charge in [-0.15, -0.1) is 0 Å². The maximum absolute atomic E-state index is 12.8. The number of benzene rings is 1. The third kappa shape index (κ3) is 4.79. The van der Waals surface area contributed by atoms with Crippen molar-refractivity contribution in [1.29, 1.82) is 0 Å². The molecule has 0 bridgehead atoms. The van der Waals surface area contributed by atoms with E-state index in [0.717, 1.165) is 24.4 Å². The number of hydrogen-bond donors (Lipinski definition) is 1. The zero-order valence-electron chi connectivity index (χ0n) is 16.7. The zero-order valence-corrected chi connectivity index (χ0v) is 16.7. The third-order valence-electron chi connectivity index (χ3n) is 4.90. The van der Waals surface area contributed by atoms with E-state index < -0.39 is 0 Å². The van der Waals surface area contributed by atoms with E-state index in [0.29, 0.717) is 31.1 Å². The monoisotopic (exact) mass is 384 g/mol. The highest BCUT2D eigenvalue weighted by molar-refractivity contribution is 5.98. The Labute approximate surface area is 166 Å². The van der Waals surface area contributed by atoms with E-state index in [1.807, 2.05) is 31.1 Å². The number of methoxy groups -OCH3 is 1. The topological polar surface area (TPSA) is 66.9 Å². The highest BCUT2D eigenvalue weighted by atomic mass is 16.5. The first-order valence-corrected chi connectivity index (χ1v) is 9.46. The smallest absolute Gasteiger partial charge is 0.255 e. The number of carbonyl (C=O) groups is 1. The predicted molar refractivity (Wildman–Crippen MR) is 109 cm³/mol. The molecule has 0 spiro atoms. The fourth-order valence-corrected chi connectivity index (χ4v) is 3.39. The second-order valence-electron chi connectivity index (χ2n) is 6.92. The van der Waals surface area contributed by atoms with Crippen LogP contribution in [0.3, 0.4) is 0 Å². The number of nitrogens with one attached hydrogen (secondary N) is 1. The summed E-state index contributed by atoms with van der Waals surface area (Å²) in [4.78, 5) is 21.4. The van der Waals surface area contributed by atoms with Crippen LogP contribution in [0.1, 0.15) is 22.0 Å². The normalized spacial score (nSPS) is 15.7. The molecule has 3 rings (SSSR count). The van der Waals surface area contributed by atoms with Gasteiger partial charge in [-0.2, -0.15) is 0 Å². The molecule has 1 amide bonds. The van der Waals surface area contributed by atoms with Crippen molar-refractivity contribution in [1.82, 2.24) is 15.2 Å². The molecule has 0 radical (unpaired) electrons. The Morgan fingerprint density at radius 1 is 1.25 bits per heavy atom. The van der Waals surface area contributed by atoms with E-state index in [2.05, 4.69) is 27.3 Å². The first-order chi connectivity index (χ1) is 13.6. The average Bonchev–Trinajstić information content (AvgIpc) is 2.75. The van der Waals surface area contributed by atoms with Crippen molar-refractivity contribution in [2.45, 2.75) is 6.04 Å². The van der Waals surface area contributed by atoms with Crippen LogP contribution in [0, 0.1) is 0 Å². The molecule has 7 nitrogen and oxygen atoms in total. The van der Waals surface area contributed by atoms with Crippen molar-refractivity contribution < 1.29 is 14.3 Å². The summed E-state index contributed by atoms with van der Waals surface area (Å²) in [7, 11) is 5.42. The van der Waals surface area contributed by atoms with Crippen LogP contribution in [0.5, 0.6) is 5.75 Å². The summed E-state index contributed by atoms with van der Waals surface area (Å²) in [5.41, 5.74) is 1.71. The molecule has 1 saturated heterocycles. The Kier molecular flexibility index (Phi) is 6.84. The lowest BCUT2D eigenvalue weighted by Crippen LogP contribution is -2.44. The van der Waals surface area contributed by atoms with Gasteiger partial charge in [0, 0.05) is 39.9 Å². The highest BCUT2D eigenvalue weighted by Crippen LogP contribution is 2.24. The number of carbonyl (C=O) groups excluding carboxylic acids is 1.